The number of carbonyl (C=O) groups is 1. The van der Waals surface area contributed by atoms with E-state index in [0.717, 1.165) is 11.3 Å². The van der Waals surface area contributed by atoms with Crippen LogP contribution >= 0.6 is 11.8 Å². The third-order valence-electron chi connectivity index (χ3n) is 2.34. The van der Waals surface area contributed by atoms with Crippen LogP contribution in [0.25, 0.3) is 0 Å². The first-order valence-electron chi connectivity index (χ1n) is 5.84. The molecular weight excluding hydrogens is 251 g/mol. The van der Waals surface area contributed by atoms with Crippen molar-refractivity contribution in [2.45, 2.75) is 26.4 Å². The van der Waals surface area contributed by atoms with E-state index in [1.807, 2.05) is 13.0 Å². The number of halogens is 1. The van der Waals surface area contributed by atoms with Gasteiger partial charge in [-0.2, -0.15) is 11.8 Å². The Morgan fingerprint density at radius 2 is 2.28 bits per heavy atom. The molecule has 3 N–H and O–H groups in total. The molecule has 0 aliphatic carbocycles. The third-order valence-corrected chi connectivity index (χ3v) is 3.57. The Labute approximate surface area is 111 Å². The van der Waals surface area contributed by atoms with E-state index in [1.54, 1.807) is 13.0 Å². The SMILES string of the molecule is Cc1ccc(CNC(=O)CSCC(C)N)cc1F. The van der Waals surface area contributed by atoms with Crippen LogP contribution in [0.3, 0.4) is 0 Å². The van der Waals surface area contributed by atoms with Gasteiger partial charge in [0, 0.05) is 18.3 Å². The molecular formula is C13H19FN2OS. The van der Waals surface area contributed by atoms with Crippen LogP contribution in [0.2, 0.25) is 0 Å². The van der Waals surface area contributed by atoms with Crippen LogP contribution in [0, 0.1) is 12.7 Å². The summed E-state index contributed by atoms with van der Waals surface area (Å²) < 4.78 is 13.3. The van der Waals surface area contributed by atoms with Gasteiger partial charge in [-0.25, -0.2) is 4.39 Å². The van der Waals surface area contributed by atoms with Gasteiger partial charge in [0.05, 0.1) is 5.75 Å². The summed E-state index contributed by atoms with van der Waals surface area (Å²) in [6.45, 7) is 3.97. The van der Waals surface area contributed by atoms with Crippen molar-refractivity contribution in [3.63, 3.8) is 0 Å². The van der Waals surface area contributed by atoms with Crippen molar-refractivity contribution < 1.29 is 9.18 Å². The zero-order valence-corrected chi connectivity index (χ0v) is 11.5. The van der Waals surface area contributed by atoms with E-state index in [1.165, 1.54) is 17.8 Å². The van der Waals surface area contributed by atoms with Crippen LogP contribution in [0.5, 0.6) is 0 Å². The summed E-state index contributed by atoms with van der Waals surface area (Å²) in [4.78, 5) is 11.5. The van der Waals surface area contributed by atoms with Crippen LogP contribution in [0.15, 0.2) is 18.2 Å². The molecule has 1 atom stereocenters. The molecule has 1 unspecified atom stereocenters. The summed E-state index contributed by atoms with van der Waals surface area (Å²) in [6.07, 6.45) is 0. The van der Waals surface area contributed by atoms with E-state index in [2.05, 4.69) is 5.32 Å². The molecule has 3 nitrogen and oxygen atoms in total. The summed E-state index contributed by atoms with van der Waals surface area (Å²) in [5, 5.41) is 2.75. The Morgan fingerprint density at radius 3 is 2.89 bits per heavy atom. The van der Waals surface area contributed by atoms with Gasteiger partial charge in [0.2, 0.25) is 5.91 Å². The molecule has 0 bridgehead atoms. The molecule has 1 rings (SSSR count). The first kappa shape index (κ1) is 15.0. The highest BCUT2D eigenvalue weighted by molar-refractivity contribution is 7.99. The fourth-order valence-corrected chi connectivity index (χ4v) is 2.11. The number of thioether (sulfide) groups is 1. The highest BCUT2D eigenvalue weighted by Crippen LogP contribution is 2.09. The number of nitrogens with two attached hydrogens (primary N) is 1. The average molecular weight is 270 g/mol. The van der Waals surface area contributed by atoms with Gasteiger partial charge in [-0.15, -0.1) is 0 Å². The Morgan fingerprint density at radius 1 is 1.56 bits per heavy atom. The fourth-order valence-electron chi connectivity index (χ4n) is 1.34. The molecule has 1 amide bonds. The van der Waals surface area contributed by atoms with Crippen LogP contribution in [0.4, 0.5) is 4.39 Å². The standard InChI is InChI=1S/C13H19FN2OS/c1-9-3-4-11(5-12(9)14)6-16-13(17)8-18-7-10(2)15/h3-5,10H,6-8,15H2,1-2H3,(H,16,17). The molecule has 0 saturated carbocycles. The highest BCUT2D eigenvalue weighted by Gasteiger charge is 2.04. The minimum Gasteiger partial charge on any atom is -0.351 e. The number of rotatable bonds is 6. The minimum atomic E-state index is -0.243. The molecule has 0 radical (unpaired) electrons. The van der Waals surface area contributed by atoms with E-state index >= 15 is 0 Å². The normalized spacial score (nSPS) is 12.2. The molecule has 5 heteroatoms. The fraction of sp³-hybridized carbons (Fsp3) is 0.462. The van der Waals surface area contributed by atoms with E-state index in [-0.39, 0.29) is 17.8 Å². The van der Waals surface area contributed by atoms with Crippen LogP contribution in [0.1, 0.15) is 18.1 Å². The lowest BCUT2D eigenvalue weighted by Crippen LogP contribution is -2.26. The molecule has 100 valence electrons. The summed E-state index contributed by atoms with van der Waals surface area (Å²) in [5.41, 5.74) is 6.96. The highest BCUT2D eigenvalue weighted by atomic mass is 32.2. The molecule has 0 aliphatic heterocycles. The van der Waals surface area contributed by atoms with Gasteiger partial charge in [0.1, 0.15) is 5.82 Å². The van der Waals surface area contributed by atoms with Gasteiger partial charge in [-0.1, -0.05) is 12.1 Å². The van der Waals surface area contributed by atoms with Gasteiger partial charge in [-0.3, -0.25) is 4.79 Å². The Hall–Kier alpha value is -1.07. The maximum Gasteiger partial charge on any atom is 0.230 e. The lowest BCUT2D eigenvalue weighted by molar-refractivity contribution is -0.118. The molecule has 18 heavy (non-hydrogen) atoms. The van der Waals surface area contributed by atoms with Crippen molar-refractivity contribution in [3.05, 3.63) is 35.1 Å². The second-order valence-electron chi connectivity index (χ2n) is 4.35. The number of aryl methyl sites for hydroxylation is 1. The summed E-state index contributed by atoms with van der Waals surface area (Å²) in [7, 11) is 0. The van der Waals surface area contributed by atoms with Crippen molar-refractivity contribution >= 4 is 17.7 Å². The molecule has 0 aliphatic rings. The number of carbonyl (C=O) groups excluding carboxylic acids is 1. The topological polar surface area (TPSA) is 55.1 Å². The van der Waals surface area contributed by atoms with Crippen LogP contribution < -0.4 is 11.1 Å². The average Bonchev–Trinajstić information content (AvgIpc) is 2.30. The summed E-state index contributed by atoms with van der Waals surface area (Å²) in [6, 6.07) is 5.06. The van der Waals surface area contributed by atoms with Gasteiger partial charge in [0.25, 0.3) is 0 Å². The van der Waals surface area contributed by atoms with Crippen LogP contribution in [-0.2, 0) is 11.3 Å². The lowest BCUT2D eigenvalue weighted by atomic mass is 10.1. The van der Waals surface area contributed by atoms with Crippen molar-refractivity contribution in [1.29, 1.82) is 0 Å². The van der Waals surface area contributed by atoms with E-state index < -0.39 is 0 Å². The molecule has 0 heterocycles. The van der Waals surface area contributed by atoms with Gasteiger partial charge in [0.15, 0.2) is 0 Å². The molecule has 0 spiro atoms. The predicted octanol–water partition coefficient (Wildman–Crippen LogP) is 1.83. The quantitative estimate of drug-likeness (QED) is 0.829. The first-order chi connectivity index (χ1) is 8.49. The smallest absolute Gasteiger partial charge is 0.230 e. The number of hydrogen-bond donors (Lipinski definition) is 2. The second-order valence-corrected chi connectivity index (χ2v) is 5.38. The van der Waals surface area contributed by atoms with Crippen LogP contribution in [-0.4, -0.2) is 23.5 Å². The molecule has 0 fully saturated rings. The van der Waals surface area contributed by atoms with Crippen molar-refractivity contribution in [1.82, 2.24) is 5.32 Å². The van der Waals surface area contributed by atoms with Gasteiger partial charge >= 0.3 is 0 Å². The largest absolute Gasteiger partial charge is 0.351 e. The first-order valence-corrected chi connectivity index (χ1v) is 6.99. The number of nitrogens with one attached hydrogen (secondary N) is 1. The summed E-state index contributed by atoms with van der Waals surface area (Å²) >= 11 is 1.50. The van der Waals surface area contributed by atoms with E-state index in [4.69, 9.17) is 5.73 Å². The second kappa shape index (κ2) is 7.38. The number of benzene rings is 1. The zero-order valence-electron chi connectivity index (χ0n) is 10.7. The molecule has 0 saturated heterocycles. The third kappa shape index (κ3) is 5.51. The van der Waals surface area contributed by atoms with E-state index in [9.17, 15) is 9.18 Å². The predicted molar refractivity (Wildman–Crippen MR) is 74.0 cm³/mol. The van der Waals surface area contributed by atoms with Crippen molar-refractivity contribution in [2.24, 2.45) is 5.73 Å². The lowest BCUT2D eigenvalue weighted by Gasteiger charge is -2.07. The minimum absolute atomic E-state index is 0.0540. The monoisotopic (exact) mass is 270 g/mol. The Bertz CT molecular complexity index is 410. The number of hydrogen-bond acceptors (Lipinski definition) is 3. The molecule has 1 aromatic carbocycles. The maximum atomic E-state index is 13.3. The van der Waals surface area contributed by atoms with E-state index in [0.29, 0.717) is 17.9 Å². The summed E-state index contributed by atoms with van der Waals surface area (Å²) in [5.74, 6) is 0.845. The number of amides is 1. The van der Waals surface area contributed by atoms with Crippen molar-refractivity contribution in [3.8, 4) is 0 Å². The molecule has 0 aromatic heterocycles. The molecule has 1 aromatic rings. The van der Waals surface area contributed by atoms with Crippen molar-refractivity contribution in [2.75, 3.05) is 11.5 Å². The Balaban J connectivity index is 2.31. The maximum absolute atomic E-state index is 13.3. The van der Waals surface area contributed by atoms with Gasteiger partial charge < -0.3 is 11.1 Å². The van der Waals surface area contributed by atoms with Gasteiger partial charge in [-0.05, 0) is 31.0 Å². The zero-order chi connectivity index (χ0) is 13.5. The Kier molecular flexibility index (Phi) is 6.15.